The third kappa shape index (κ3) is 1.64. The molecular weight excluding hydrogens is 270 g/mol. The van der Waals surface area contributed by atoms with Gasteiger partial charge in [0.05, 0.1) is 16.9 Å². The Labute approximate surface area is 130 Å². The summed E-state index contributed by atoms with van der Waals surface area (Å²) in [6.45, 7) is 6.24. The van der Waals surface area contributed by atoms with Gasteiger partial charge in [0.2, 0.25) is 0 Å². The smallest absolute Gasteiger partial charge is 0.263 e. The Kier molecular flexibility index (Phi) is 2.64. The van der Waals surface area contributed by atoms with Crippen molar-refractivity contribution in [3.05, 3.63) is 70.8 Å². The zero-order valence-electron chi connectivity index (χ0n) is 13.0. The predicted molar refractivity (Wildman–Crippen MR) is 91.1 cm³/mol. The van der Waals surface area contributed by atoms with E-state index in [0.29, 0.717) is 0 Å². The average Bonchev–Trinajstić information content (AvgIpc) is 2.75. The van der Waals surface area contributed by atoms with E-state index < -0.39 is 0 Å². The second kappa shape index (κ2) is 4.44. The highest BCUT2D eigenvalue weighted by Crippen LogP contribution is 2.43. The van der Waals surface area contributed by atoms with Gasteiger partial charge in [-0.25, -0.2) is 0 Å². The molecule has 0 spiro atoms. The molecule has 0 radical (unpaired) electrons. The van der Waals surface area contributed by atoms with Gasteiger partial charge in [0.1, 0.15) is 0 Å². The Morgan fingerprint density at radius 3 is 2.18 bits per heavy atom. The van der Waals surface area contributed by atoms with Crippen LogP contribution in [-0.4, -0.2) is 5.91 Å². The predicted octanol–water partition coefficient (Wildman–Crippen LogP) is 5.06. The van der Waals surface area contributed by atoms with Crippen molar-refractivity contribution < 1.29 is 4.79 Å². The lowest BCUT2D eigenvalue weighted by Gasteiger charge is -2.23. The summed E-state index contributed by atoms with van der Waals surface area (Å²) >= 11 is 0. The molecule has 0 fully saturated rings. The Morgan fingerprint density at radius 1 is 0.864 bits per heavy atom. The number of hydrogen-bond donors (Lipinski definition) is 0. The third-order valence-electron chi connectivity index (χ3n) is 4.42. The largest absolute Gasteiger partial charge is 0.276 e. The molecular formula is C20H17NO. The van der Waals surface area contributed by atoms with E-state index in [4.69, 9.17) is 0 Å². The second-order valence-corrected chi connectivity index (χ2v) is 6.07. The summed E-state index contributed by atoms with van der Waals surface area (Å²) in [4.78, 5) is 14.9. The van der Waals surface area contributed by atoms with E-state index in [2.05, 4.69) is 45.0 Å². The lowest BCUT2D eigenvalue weighted by atomic mass is 10.0. The van der Waals surface area contributed by atoms with Crippen LogP contribution in [0.1, 0.15) is 27.0 Å². The highest BCUT2D eigenvalue weighted by atomic mass is 16.2. The Morgan fingerprint density at radius 2 is 1.50 bits per heavy atom. The molecule has 0 saturated carbocycles. The van der Waals surface area contributed by atoms with E-state index in [0.717, 1.165) is 38.8 Å². The fraction of sp³-hybridized carbons (Fsp3) is 0.150. The Bertz CT molecular complexity index is 911. The van der Waals surface area contributed by atoms with E-state index in [1.165, 1.54) is 5.56 Å². The monoisotopic (exact) mass is 287 g/mol. The van der Waals surface area contributed by atoms with Gasteiger partial charge >= 0.3 is 0 Å². The molecule has 1 amide bonds. The van der Waals surface area contributed by atoms with Crippen LogP contribution >= 0.6 is 0 Å². The normalized spacial score (nSPS) is 13.2. The molecule has 1 aliphatic heterocycles. The molecule has 22 heavy (non-hydrogen) atoms. The van der Waals surface area contributed by atoms with Crippen LogP contribution in [-0.2, 0) is 0 Å². The Hall–Kier alpha value is -2.61. The number of nitrogens with zero attached hydrogens (tertiary/aromatic N) is 1. The van der Waals surface area contributed by atoms with Gasteiger partial charge in [0.15, 0.2) is 0 Å². The first-order valence-corrected chi connectivity index (χ1v) is 7.52. The van der Waals surface area contributed by atoms with Gasteiger partial charge in [-0.15, -0.1) is 0 Å². The summed E-state index contributed by atoms with van der Waals surface area (Å²) in [7, 11) is 0. The second-order valence-electron chi connectivity index (χ2n) is 6.07. The molecule has 2 heteroatoms. The zero-order chi connectivity index (χ0) is 15.4. The maximum absolute atomic E-state index is 13.0. The lowest BCUT2D eigenvalue weighted by Crippen LogP contribution is -2.22. The van der Waals surface area contributed by atoms with Crippen LogP contribution in [0.4, 0.5) is 11.4 Å². The molecule has 3 aromatic carbocycles. The summed E-state index contributed by atoms with van der Waals surface area (Å²) in [5.74, 6) is 0.0712. The minimum atomic E-state index is 0.0712. The van der Waals surface area contributed by atoms with E-state index in [1.54, 1.807) is 0 Å². The topological polar surface area (TPSA) is 20.3 Å². The fourth-order valence-corrected chi connectivity index (χ4v) is 3.66. The minimum absolute atomic E-state index is 0.0712. The van der Waals surface area contributed by atoms with E-state index in [1.807, 2.05) is 29.2 Å². The van der Waals surface area contributed by atoms with Crippen LogP contribution in [0.15, 0.2) is 48.5 Å². The molecule has 108 valence electrons. The van der Waals surface area contributed by atoms with Crippen molar-refractivity contribution in [2.24, 2.45) is 0 Å². The third-order valence-corrected chi connectivity index (χ3v) is 4.42. The van der Waals surface area contributed by atoms with Gasteiger partial charge in [-0.2, -0.15) is 0 Å². The van der Waals surface area contributed by atoms with Crippen LogP contribution < -0.4 is 4.90 Å². The van der Waals surface area contributed by atoms with Gasteiger partial charge in [0.25, 0.3) is 5.91 Å². The number of carbonyl (C=O) groups is 1. The molecule has 0 unspecified atom stereocenters. The fourth-order valence-electron chi connectivity index (χ4n) is 3.66. The van der Waals surface area contributed by atoms with Crippen LogP contribution in [0.5, 0.6) is 0 Å². The summed E-state index contributed by atoms with van der Waals surface area (Å²) < 4.78 is 0. The number of aryl methyl sites for hydroxylation is 3. The van der Waals surface area contributed by atoms with Crippen molar-refractivity contribution in [2.45, 2.75) is 20.8 Å². The number of anilines is 2. The standard InChI is InChI=1S/C20H17NO/c1-12-10-13(2)19(14(3)11-12)21-17-9-5-7-15-6-4-8-16(18(15)17)20(21)22/h4-11H,1-3H3. The molecule has 1 heterocycles. The van der Waals surface area contributed by atoms with Gasteiger partial charge in [-0.05, 0) is 49.4 Å². The van der Waals surface area contributed by atoms with Crippen molar-refractivity contribution in [3.63, 3.8) is 0 Å². The first-order chi connectivity index (χ1) is 10.6. The molecule has 0 aromatic heterocycles. The van der Waals surface area contributed by atoms with Crippen LogP contribution in [0.3, 0.4) is 0 Å². The number of rotatable bonds is 1. The first kappa shape index (κ1) is 13.1. The summed E-state index contributed by atoms with van der Waals surface area (Å²) in [5, 5.41) is 2.18. The summed E-state index contributed by atoms with van der Waals surface area (Å²) in [5.41, 5.74) is 6.30. The molecule has 3 aromatic rings. The average molecular weight is 287 g/mol. The molecule has 4 rings (SSSR count). The quantitative estimate of drug-likeness (QED) is 0.613. The zero-order valence-corrected chi connectivity index (χ0v) is 13.0. The number of amides is 1. The summed E-state index contributed by atoms with van der Waals surface area (Å²) in [6.07, 6.45) is 0. The molecule has 0 saturated heterocycles. The molecule has 0 aliphatic carbocycles. The van der Waals surface area contributed by atoms with E-state index in [-0.39, 0.29) is 5.91 Å². The Balaban J connectivity index is 2.04. The molecule has 0 atom stereocenters. The molecule has 1 aliphatic rings. The number of benzene rings is 3. The number of carbonyl (C=O) groups excluding carboxylic acids is 1. The maximum atomic E-state index is 13.0. The van der Waals surface area contributed by atoms with Crippen LogP contribution in [0.2, 0.25) is 0 Å². The van der Waals surface area contributed by atoms with Gasteiger partial charge in [-0.3, -0.25) is 9.69 Å². The van der Waals surface area contributed by atoms with E-state index in [9.17, 15) is 4.79 Å². The van der Waals surface area contributed by atoms with Crippen LogP contribution in [0, 0.1) is 20.8 Å². The molecule has 0 bridgehead atoms. The first-order valence-electron chi connectivity index (χ1n) is 7.52. The summed E-state index contributed by atoms with van der Waals surface area (Å²) in [6, 6.07) is 16.3. The van der Waals surface area contributed by atoms with Crippen LogP contribution in [0.25, 0.3) is 10.8 Å². The van der Waals surface area contributed by atoms with Crippen molar-refractivity contribution in [1.82, 2.24) is 0 Å². The van der Waals surface area contributed by atoms with Crippen molar-refractivity contribution in [2.75, 3.05) is 4.90 Å². The van der Waals surface area contributed by atoms with Gasteiger partial charge in [0, 0.05) is 5.39 Å². The SMILES string of the molecule is Cc1cc(C)c(N2C(=O)c3cccc4cccc2c34)c(C)c1. The number of hydrogen-bond acceptors (Lipinski definition) is 1. The minimum Gasteiger partial charge on any atom is -0.276 e. The lowest BCUT2D eigenvalue weighted by molar-refractivity contribution is 0.100. The van der Waals surface area contributed by atoms with Crippen molar-refractivity contribution in [3.8, 4) is 0 Å². The highest BCUT2D eigenvalue weighted by Gasteiger charge is 2.32. The van der Waals surface area contributed by atoms with Crippen molar-refractivity contribution >= 4 is 28.1 Å². The van der Waals surface area contributed by atoms with Gasteiger partial charge < -0.3 is 0 Å². The molecule has 2 nitrogen and oxygen atoms in total. The maximum Gasteiger partial charge on any atom is 0.263 e. The van der Waals surface area contributed by atoms with E-state index >= 15 is 0 Å². The van der Waals surface area contributed by atoms with Crippen molar-refractivity contribution in [1.29, 1.82) is 0 Å². The highest BCUT2D eigenvalue weighted by molar-refractivity contribution is 6.28. The molecule has 0 N–H and O–H groups in total. The van der Waals surface area contributed by atoms with Gasteiger partial charge in [-0.1, -0.05) is 42.0 Å².